The molecule has 2 aromatic carbocycles. The van der Waals surface area contributed by atoms with Crippen LogP contribution in [0.5, 0.6) is 0 Å². The van der Waals surface area contributed by atoms with E-state index in [4.69, 9.17) is 0 Å². The fourth-order valence-electron chi connectivity index (χ4n) is 1.48. The smallest absolute Gasteiger partial charge is 0.163 e. The Bertz CT molecular complexity index is 526. The van der Waals surface area contributed by atoms with Crippen LogP contribution in [0, 0.1) is 17.5 Å². The van der Waals surface area contributed by atoms with Crippen LogP contribution < -0.4 is 5.32 Å². The van der Waals surface area contributed by atoms with E-state index in [1.807, 2.05) is 0 Å². The number of hydrogen-bond acceptors (Lipinski definition) is 1. The molecule has 0 aliphatic carbocycles. The molecule has 88 valence electrons. The zero-order valence-electron chi connectivity index (χ0n) is 8.88. The van der Waals surface area contributed by atoms with Crippen molar-refractivity contribution in [2.75, 3.05) is 5.32 Å². The third-order valence-electron chi connectivity index (χ3n) is 2.37. The van der Waals surface area contributed by atoms with E-state index in [0.29, 0.717) is 0 Å². The van der Waals surface area contributed by atoms with Gasteiger partial charge in [-0.05, 0) is 18.2 Å². The monoisotopic (exact) mass is 237 g/mol. The van der Waals surface area contributed by atoms with Crippen molar-refractivity contribution in [3.63, 3.8) is 0 Å². The number of para-hydroxylation sites is 1. The van der Waals surface area contributed by atoms with Gasteiger partial charge in [0, 0.05) is 12.1 Å². The molecule has 0 saturated heterocycles. The molecule has 0 aliphatic heterocycles. The number of nitrogens with one attached hydrogen (secondary N) is 1. The Morgan fingerprint density at radius 2 is 1.53 bits per heavy atom. The largest absolute Gasteiger partial charge is 0.378 e. The van der Waals surface area contributed by atoms with Crippen molar-refractivity contribution in [1.29, 1.82) is 0 Å². The molecule has 0 unspecified atom stereocenters. The molecule has 0 amide bonds. The highest BCUT2D eigenvalue weighted by Crippen LogP contribution is 2.16. The molecule has 2 rings (SSSR count). The maximum atomic E-state index is 13.3. The van der Waals surface area contributed by atoms with Gasteiger partial charge in [-0.1, -0.05) is 24.3 Å². The van der Waals surface area contributed by atoms with E-state index in [-0.39, 0.29) is 17.8 Å². The summed E-state index contributed by atoms with van der Waals surface area (Å²) in [4.78, 5) is 0. The Balaban J connectivity index is 2.13. The zero-order valence-corrected chi connectivity index (χ0v) is 8.88. The summed E-state index contributed by atoms with van der Waals surface area (Å²) >= 11 is 0. The van der Waals surface area contributed by atoms with Gasteiger partial charge in [-0.25, -0.2) is 13.2 Å². The molecule has 1 nitrogen and oxygen atoms in total. The third kappa shape index (κ3) is 2.58. The van der Waals surface area contributed by atoms with Gasteiger partial charge in [0.1, 0.15) is 5.82 Å². The van der Waals surface area contributed by atoms with Gasteiger partial charge in [-0.15, -0.1) is 0 Å². The summed E-state index contributed by atoms with van der Waals surface area (Å²) in [5.41, 5.74) is 0.421. The van der Waals surface area contributed by atoms with E-state index in [1.165, 1.54) is 24.3 Å². The first-order valence-electron chi connectivity index (χ1n) is 5.10. The van der Waals surface area contributed by atoms with Crippen LogP contribution in [-0.4, -0.2) is 0 Å². The first kappa shape index (κ1) is 11.5. The van der Waals surface area contributed by atoms with Crippen molar-refractivity contribution < 1.29 is 13.2 Å². The lowest BCUT2D eigenvalue weighted by atomic mass is 10.2. The Labute approximate surface area is 96.9 Å². The summed E-state index contributed by atoms with van der Waals surface area (Å²) in [5, 5.41) is 2.72. The Hall–Kier alpha value is -1.97. The second-order valence-corrected chi connectivity index (χ2v) is 3.55. The predicted octanol–water partition coefficient (Wildman–Crippen LogP) is 3.72. The molecule has 17 heavy (non-hydrogen) atoms. The molecule has 0 spiro atoms. The van der Waals surface area contributed by atoms with E-state index in [1.54, 1.807) is 12.1 Å². The molecule has 0 aliphatic rings. The van der Waals surface area contributed by atoms with Gasteiger partial charge in [0.2, 0.25) is 0 Å². The average Bonchev–Trinajstić information content (AvgIpc) is 2.33. The van der Waals surface area contributed by atoms with E-state index in [0.717, 1.165) is 6.07 Å². The summed E-state index contributed by atoms with van der Waals surface area (Å²) in [5.74, 6) is -2.24. The summed E-state index contributed by atoms with van der Waals surface area (Å²) in [6, 6.07) is 9.96. The van der Waals surface area contributed by atoms with Gasteiger partial charge in [0.15, 0.2) is 11.6 Å². The van der Waals surface area contributed by atoms with Crippen LogP contribution in [0.2, 0.25) is 0 Å². The second-order valence-electron chi connectivity index (χ2n) is 3.55. The predicted molar refractivity (Wildman–Crippen MR) is 60.1 cm³/mol. The second kappa shape index (κ2) is 4.91. The lowest BCUT2D eigenvalue weighted by molar-refractivity contribution is 0.500. The Morgan fingerprint density at radius 3 is 2.29 bits per heavy atom. The molecule has 2 aromatic rings. The number of benzene rings is 2. The van der Waals surface area contributed by atoms with Crippen LogP contribution in [0.1, 0.15) is 5.56 Å². The standard InChI is InChI=1S/C13H10F3N/c14-10-5-1-2-7-12(10)17-8-9-4-3-6-11(15)13(9)16/h1-7,17H,8H2. The number of rotatable bonds is 3. The summed E-state index contributed by atoms with van der Waals surface area (Å²) in [7, 11) is 0. The molecule has 0 atom stereocenters. The first-order chi connectivity index (χ1) is 8.18. The molecule has 0 aromatic heterocycles. The zero-order chi connectivity index (χ0) is 12.3. The van der Waals surface area contributed by atoms with Gasteiger partial charge in [0.05, 0.1) is 5.69 Å². The highest BCUT2D eigenvalue weighted by Gasteiger charge is 2.07. The Kier molecular flexibility index (Phi) is 3.32. The molecule has 4 heteroatoms. The van der Waals surface area contributed by atoms with Gasteiger partial charge < -0.3 is 5.32 Å². The lowest BCUT2D eigenvalue weighted by Crippen LogP contribution is -2.04. The van der Waals surface area contributed by atoms with Crippen molar-refractivity contribution in [3.05, 3.63) is 65.5 Å². The molecule has 0 heterocycles. The van der Waals surface area contributed by atoms with Crippen LogP contribution in [0.4, 0.5) is 18.9 Å². The van der Waals surface area contributed by atoms with Crippen LogP contribution in [0.3, 0.4) is 0 Å². The molecule has 1 N–H and O–H groups in total. The van der Waals surface area contributed by atoms with Crippen molar-refractivity contribution >= 4 is 5.69 Å². The third-order valence-corrected chi connectivity index (χ3v) is 2.37. The average molecular weight is 237 g/mol. The van der Waals surface area contributed by atoms with Crippen LogP contribution in [-0.2, 0) is 6.54 Å². The molecule has 0 saturated carbocycles. The van der Waals surface area contributed by atoms with E-state index >= 15 is 0 Å². The van der Waals surface area contributed by atoms with Crippen LogP contribution >= 0.6 is 0 Å². The molecule has 0 fully saturated rings. The topological polar surface area (TPSA) is 12.0 Å². The quantitative estimate of drug-likeness (QED) is 0.857. The van der Waals surface area contributed by atoms with Gasteiger partial charge in [0.25, 0.3) is 0 Å². The first-order valence-corrected chi connectivity index (χ1v) is 5.10. The van der Waals surface area contributed by atoms with Crippen LogP contribution in [0.25, 0.3) is 0 Å². The van der Waals surface area contributed by atoms with Crippen molar-refractivity contribution in [2.45, 2.75) is 6.54 Å². The molecule has 0 bridgehead atoms. The molecular formula is C13H10F3N. The van der Waals surface area contributed by atoms with E-state index in [2.05, 4.69) is 5.32 Å². The van der Waals surface area contributed by atoms with E-state index in [9.17, 15) is 13.2 Å². The van der Waals surface area contributed by atoms with Gasteiger partial charge in [-0.3, -0.25) is 0 Å². The summed E-state index contributed by atoms with van der Waals surface area (Å²) < 4.78 is 39.4. The normalized spacial score (nSPS) is 10.3. The fourth-order valence-corrected chi connectivity index (χ4v) is 1.48. The van der Waals surface area contributed by atoms with Crippen molar-refractivity contribution in [1.82, 2.24) is 0 Å². The van der Waals surface area contributed by atoms with Gasteiger partial charge >= 0.3 is 0 Å². The minimum absolute atomic E-state index is 0.0323. The van der Waals surface area contributed by atoms with E-state index < -0.39 is 17.5 Å². The number of hydrogen-bond donors (Lipinski definition) is 1. The van der Waals surface area contributed by atoms with Gasteiger partial charge in [-0.2, -0.15) is 0 Å². The van der Waals surface area contributed by atoms with Crippen molar-refractivity contribution in [2.24, 2.45) is 0 Å². The minimum Gasteiger partial charge on any atom is -0.378 e. The maximum absolute atomic E-state index is 13.3. The lowest BCUT2D eigenvalue weighted by Gasteiger charge is -2.08. The fraction of sp³-hybridized carbons (Fsp3) is 0.0769. The summed E-state index contributed by atoms with van der Waals surface area (Å²) in [6.45, 7) is 0.0323. The number of anilines is 1. The molecule has 0 radical (unpaired) electrons. The highest BCUT2D eigenvalue weighted by molar-refractivity contribution is 5.44. The minimum atomic E-state index is -0.906. The SMILES string of the molecule is Fc1ccccc1NCc1cccc(F)c1F. The molecular weight excluding hydrogens is 227 g/mol. The highest BCUT2D eigenvalue weighted by atomic mass is 19.2. The number of halogens is 3. The van der Waals surface area contributed by atoms with Crippen LogP contribution in [0.15, 0.2) is 42.5 Å². The summed E-state index contributed by atoms with van der Waals surface area (Å²) in [6.07, 6.45) is 0. The maximum Gasteiger partial charge on any atom is 0.163 e. The Morgan fingerprint density at radius 1 is 0.824 bits per heavy atom. The van der Waals surface area contributed by atoms with Crippen molar-refractivity contribution in [3.8, 4) is 0 Å².